The average Bonchev–Trinajstić information content (AvgIpc) is 2.53. The Kier molecular flexibility index (Phi) is 4.26. The van der Waals surface area contributed by atoms with Crippen molar-refractivity contribution in [1.82, 2.24) is 20.2 Å². The van der Waals surface area contributed by atoms with Gasteiger partial charge in [-0.25, -0.2) is 4.98 Å². The predicted molar refractivity (Wildman–Crippen MR) is 67.8 cm³/mol. The highest BCUT2D eigenvalue weighted by Gasteiger charge is 2.21. The van der Waals surface area contributed by atoms with Gasteiger partial charge in [-0.2, -0.15) is 4.98 Å². The van der Waals surface area contributed by atoms with E-state index < -0.39 is 6.10 Å². The summed E-state index contributed by atoms with van der Waals surface area (Å²) in [4.78, 5) is 8.13. The zero-order valence-electron chi connectivity index (χ0n) is 11.3. The summed E-state index contributed by atoms with van der Waals surface area (Å²) in [6.07, 6.45) is 0.277. The Hall–Kier alpha value is -2.48. The summed E-state index contributed by atoms with van der Waals surface area (Å²) in [6, 6.07) is 3.18. The van der Waals surface area contributed by atoms with Crippen molar-refractivity contribution in [2.75, 3.05) is 21.3 Å². The van der Waals surface area contributed by atoms with Crippen LogP contribution in [-0.4, -0.2) is 46.6 Å². The number of ether oxygens (including phenoxy) is 3. The van der Waals surface area contributed by atoms with Gasteiger partial charge in [0.2, 0.25) is 17.6 Å². The van der Waals surface area contributed by atoms with E-state index >= 15 is 0 Å². The number of hydrogen-bond donors (Lipinski definition) is 1. The Morgan fingerprint density at radius 2 is 1.75 bits per heavy atom. The number of rotatable bonds is 5. The molecule has 0 saturated heterocycles. The molecule has 0 aromatic carbocycles. The van der Waals surface area contributed by atoms with Crippen molar-refractivity contribution in [3.63, 3.8) is 0 Å². The lowest BCUT2D eigenvalue weighted by Crippen LogP contribution is -2.09. The van der Waals surface area contributed by atoms with Crippen LogP contribution in [-0.2, 0) is 0 Å². The number of nitrogens with zero attached hydrogens (tertiary/aromatic N) is 4. The van der Waals surface area contributed by atoms with Gasteiger partial charge >= 0.3 is 0 Å². The smallest absolute Gasteiger partial charge is 0.241 e. The summed E-state index contributed by atoms with van der Waals surface area (Å²) in [5, 5.41) is 17.9. The van der Waals surface area contributed by atoms with Gasteiger partial charge in [-0.15, -0.1) is 10.2 Å². The number of aromatic nitrogens is 4. The van der Waals surface area contributed by atoms with Gasteiger partial charge in [-0.05, 0) is 6.07 Å². The molecule has 0 aliphatic carbocycles. The van der Waals surface area contributed by atoms with Gasteiger partial charge in [0.15, 0.2) is 0 Å². The zero-order chi connectivity index (χ0) is 14.5. The maximum atomic E-state index is 10.3. The fraction of sp³-hybridized carbons (Fsp3) is 0.333. The van der Waals surface area contributed by atoms with Gasteiger partial charge in [-0.3, -0.25) is 0 Å². The second-order valence-corrected chi connectivity index (χ2v) is 3.71. The Labute approximate surface area is 115 Å². The number of aliphatic hydroxyl groups excluding tert-OH is 1. The van der Waals surface area contributed by atoms with E-state index in [1.807, 2.05) is 0 Å². The summed E-state index contributed by atoms with van der Waals surface area (Å²) < 4.78 is 14.9. The summed E-state index contributed by atoms with van der Waals surface area (Å²) in [5.41, 5.74) is 0.538. The Balaban J connectivity index is 2.33. The van der Waals surface area contributed by atoms with Gasteiger partial charge in [0, 0.05) is 6.07 Å². The molecule has 2 rings (SSSR count). The summed E-state index contributed by atoms with van der Waals surface area (Å²) >= 11 is 0. The van der Waals surface area contributed by atoms with Crippen LogP contribution in [0.4, 0.5) is 0 Å². The van der Waals surface area contributed by atoms with E-state index in [4.69, 9.17) is 14.2 Å². The largest absolute Gasteiger partial charge is 0.480 e. The van der Waals surface area contributed by atoms with Crippen LogP contribution < -0.4 is 14.2 Å². The highest BCUT2D eigenvalue weighted by Crippen LogP contribution is 2.27. The lowest BCUT2D eigenvalue weighted by Gasteiger charge is -2.12. The molecule has 8 heteroatoms. The number of hydrogen-bond acceptors (Lipinski definition) is 8. The van der Waals surface area contributed by atoms with Crippen LogP contribution in [0.5, 0.6) is 17.6 Å². The van der Waals surface area contributed by atoms with Crippen molar-refractivity contribution in [2.24, 2.45) is 0 Å². The van der Waals surface area contributed by atoms with Crippen LogP contribution in [0.25, 0.3) is 0 Å². The molecule has 1 atom stereocenters. The quantitative estimate of drug-likeness (QED) is 0.837. The Morgan fingerprint density at radius 1 is 1.00 bits per heavy atom. The van der Waals surface area contributed by atoms with Gasteiger partial charge in [-0.1, -0.05) is 0 Å². The molecule has 20 heavy (non-hydrogen) atoms. The second kappa shape index (κ2) is 6.11. The van der Waals surface area contributed by atoms with Crippen LogP contribution in [0, 0.1) is 0 Å². The van der Waals surface area contributed by atoms with E-state index in [0.29, 0.717) is 17.5 Å². The van der Waals surface area contributed by atoms with Crippen LogP contribution in [0.1, 0.15) is 17.5 Å². The lowest BCUT2D eigenvalue weighted by atomic mass is 10.2. The van der Waals surface area contributed by atoms with Gasteiger partial charge < -0.3 is 19.3 Å². The molecule has 2 aromatic heterocycles. The molecular weight excluding hydrogens is 264 g/mol. The maximum absolute atomic E-state index is 10.3. The molecule has 0 amide bonds. The van der Waals surface area contributed by atoms with E-state index in [9.17, 15) is 5.11 Å². The van der Waals surface area contributed by atoms with Crippen LogP contribution in [0.2, 0.25) is 0 Å². The summed E-state index contributed by atoms with van der Waals surface area (Å²) in [6.45, 7) is 0. The van der Waals surface area contributed by atoms with Crippen molar-refractivity contribution in [2.45, 2.75) is 6.10 Å². The number of methoxy groups -OCH3 is 3. The third-order valence-electron chi connectivity index (χ3n) is 2.56. The second-order valence-electron chi connectivity index (χ2n) is 3.71. The maximum Gasteiger partial charge on any atom is 0.241 e. The minimum Gasteiger partial charge on any atom is -0.480 e. The first-order valence-corrected chi connectivity index (χ1v) is 5.70. The topological polar surface area (TPSA) is 99.5 Å². The molecule has 0 spiro atoms. The third-order valence-corrected chi connectivity index (χ3v) is 2.56. The zero-order valence-corrected chi connectivity index (χ0v) is 11.3. The molecule has 2 heterocycles. The van der Waals surface area contributed by atoms with Crippen LogP contribution in [0.15, 0.2) is 18.3 Å². The van der Waals surface area contributed by atoms with E-state index in [2.05, 4.69) is 20.2 Å². The van der Waals surface area contributed by atoms with Crippen molar-refractivity contribution in [1.29, 1.82) is 0 Å². The van der Waals surface area contributed by atoms with E-state index in [1.54, 1.807) is 12.1 Å². The van der Waals surface area contributed by atoms with E-state index in [-0.39, 0.29) is 11.6 Å². The molecule has 8 nitrogen and oxygen atoms in total. The monoisotopic (exact) mass is 278 g/mol. The van der Waals surface area contributed by atoms with Crippen molar-refractivity contribution < 1.29 is 19.3 Å². The van der Waals surface area contributed by atoms with Crippen molar-refractivity contribution in [3.05, 3.63) is 29.7 Å². The standard InChI is InChI=1S/C12H14N4O4/c1-18-8-5-4-7(15-16-8)11(17)10-12(20-3)14-9(19-2)6-13-10/h4-6,11,17H,1-3H3. The molecule has 0 radical (unpaired) electrons. The molecule has 0 fully saturated rings. The van der Waals surface area contributed by atoms with Gasteiger partial charge in [0.1, 0.15) is 11.8 Å². The van der Waals surface area contributed by atoms with E-state index in [0.717, 1.165) is 0 Å². The minimum atomic E-state index is -1.11. The first-order chi connectivity index (χ1) is 9.69. The fourth-order valence-electron chi connectivity index (χ4n) is 1.53. The summed E-state index contributed by atoms with van der Waals surface area (Å²) in [7, 11) is 4.38. The molecule has 0 saturated carbocycles. The fourth-order valence-corrected chi connectivity index (χ4v) is 1.53. The first-order valence-electron chi connectivity index (χ1n) is 5.70. The lowest BCUT2D eigenvalue weighted by molar-refractivity contribution is 0.200. The molecule has 106 valence electrons. The van der Waals surface area contributed by atoms with Crippen LogP contribution in [0.3, 0.4) is 0 Å². The molecule has 1 N–H and O–H groups in total. The molecule has 1 unspecified atom stereocenters. The van der Waals surface area contributed by atoms with E-state index in [1.165, 1.54) is 27.5 Å². The molecule has 0 aliphatic rings. The minimum absolute atomic E-state index is 0.162. The molecule has 0 aliphatic heterocycles. The SMILES string of the molecule is COc1ccc(C(O)c2ncc(OC)nc2OC)nn1. The normalized spacial score (nSPS) is 11.8. The van der Waals surface area contributed by atoms with Crippen molar-refractivity contribution >= 4 is 0 Å². The highest BCUT2D eigenvalue weighted by atomic mass is 16.5. The summed E-state index contributed by atoms with van der Waals surface area (Å²) in [5.74, 6) is 0.807. The molecule has 2 aromatic rings. The number of aliphatic hydroxyl groups is 1. The third kappa shape index (κ3) is 2.75. The predicted octanol–water partition coefficient (Wildman–Crippen LogP) is 0.374. The first kappa shape index (κ1) is 13.9. The van der Waals surface area contributed by atoms with Gasteiger partial charge in [0.25, 0.3) is 0 Å². The van der Waals surface area contributed by atoms with Crippen LogP contribution >= 0.6 is 0 Å². The Morgan fingerprint density at radius 3 is 2.30 bits per heavy atom. The Bertz CT molecular complexity index is 576. The van der Waals surface area contributed by atoms with Crippen molar-refractivity contribution in [3.8, 4) is 17.6 Å². The molecule has 0 bridgehead atoms. The average molecular weight is 278 g/mol. The van der Waals surface area contributed by atoms with Gasteiger partial charge in [0.05, 0.1) is 33.2 Å². The molecular formula is C12H14N4O4. The highest BCUT2D eigenvalue weighted by molar-refractivity contribution is 5.30.